The number of hydrogen-bond donors (Lipinski definition) is 2. The smallest absolute Gasteiger partial charge is 0.270 e. The lowest BCUT2D eigenvalue weighted by Crippen LogP contribution is -2.35. The van der Waals surface area contributed by atoms with Gasteiger partial charge in [0, 0.05) is 36.9 Å². The summed E-state index contributed by atoms with van der Waals surface area (Å²) < 4.78 is 1.90. The Morgan fingerprint density at radius 1 is 1.56 bits per heavy atom. The van der Waals surface area contributed by atoms with Crippen molar-refractivity contribution in [2.24, 2.45) is 0 Å². The van der Waals surface area contributed by atoms with Crippen molar-refractivity contribution in [1.29, 1.82) is 0 Å². The van der Waals surface area contributed by atoms with E-state index in [0.717, 1.165) is 0 Å². The molecule has 1 unspecified atom stereocenters. The molecule has 2 rings (SSSR count). The van der Waals surface area contributed by atoms with Gasteiger partial charge in [-0.15, -0.1) is 0 Å². The van der Waals surface area contributed by atoms with Crippen molar-refractivity contribution in [2.45, 2.75) is 19.5 Å². The molecule has 0 aliphatic carbocycles. The topological polar surface area (TPSA) is 85.8 Å². The Morgan fingerprint density at radius 2 is 2.39 bits per heavy atom. The third kappa shape index (κ3) is 3.07. The first-order valence-electron chi connectivity index (χ1n) is 5.63. The quantitative estimate of drug-likeness (QED) is 0.829. The molecule has 0 radical (unpaired) electrons. The van der Waals surface area contributed by atoms with E-state index in [9.17, 15) is 4.79 Å². The lowest BCUT2D eigenvalue weighted by molar-refractivity contribution is 0.0931. The Bertz CT molecular complexity index is 523. The predicted octanol–water partition coefficient (Wildman–Crippen LogP) is 0.679. The zero-order chi connectivity index (χ0) is 13.0. The summed E-state index contributed by atoms with van der Waals surface area (Å²) in [7, 11) is 0. The lowest BCUT2D eigenvalue weighted by atomic mass is 10.2. The monoisotopic (exact) mass is 245 g/mol. The molecule has 0 spiro atoms. The third-order valence-electron chi connectivity index (χ3n) is 2.44. The van der Waals surface area contributed by atoms with Crippen LogP contribution in [0.15, 0.2) is 37.1 Å². The van der Waals surface area contributed by atoms with E-state index < -0.39 is 0 Å². The van der Waals surface area contributed by atoms with Crippen LogP contribution in [0.5, 0.6) is 0 Å². The molecule has 2 heterocycles. The number of imidazole rings is 1. The number of nitrogens with two attached hydrogens (primary N) is 1. The first-order valence-corrected chi connectivity index (χ1v) is 5.63. The van der Waals surface area contributed by atoms with Crippen LogP contribution >= 0.6 is 0 Å². The number of carbonyl (C=O) groups excluding carboxylic acids is 1. The van der Waals surface area contributed by atoms with Gasteiger partial charge in [0.25, 0.3) is 5.91 Å². The van der Waals surface area contributed by atoms with Gasteiger partial charge in [0.05, 0.1) is 6.33 Å². The maximum Gasteiger partial charge on any atom is 0.270 e. The van der Waals surface area contributed by atoms with Crippen molar-refractivity contribution in [2.75, 3.05) is 5.73 Å². The molecular formula is C12H15N5O. The molecule has 94 valence electrons. The molecule has 1 amide bonds. The van der Waals surface area contributed by atoms with E-state index in [4.69, 9.17) is 5.73 Å². The van der Waals surface area contributed by atoms with Gasteiger partial charge in [-0.2, -0.15) is 0 Å². The lowest BCUT2D eigenvalue weighted by Gasteiger charge is -2.14. The molecule has 2 aromatic heterocycles. The van der Waals surface area contributed by atoms with E-state index >= 15 is 0 Å². The number of rotatable bonds is 4. The van der Waals surface area contributed by atoms with Crippen LogP contribution < -0.4 is 11.1 Å². The van der Waals surface area contributed by atoms with Crippen molar-refractivity contribution in [3.63, 3.8) is 0 Å². The zero-order valence-corrected chi connectivity index (χ0v) is 10.1. The maximum atomic E-state index is 11.9. The summed E-state index contributed by atoms with van der Waals surface area (Å²) in [6, 6.07) is 3.18. The number of nitrogen functional groups attached to an aromatic ring is 1. The van der Waals surface area contributed by atoms with E-state index in [1.54, 1.807) is 24.7 Å². The molecule has 6 heteroatoms. The van der Waals surface area contributed by atoms with E-state index in [1.807, 2.05) is 17.7 Å². The number of amides is 1. The van der Waals surface area contributed by atoms with Crippen molar-refractivity contribution in [3.05, 3.63) is 42.7 Å². The van der Waals surface area contributed by atoms with Gasteiger partial charge in [0.2, 0.25) is 0 Å². The molecule has 0 aliphatic heterocycles. The molecule has 0 saturated heterocycles. The zero-order valence-electron chi connectivity index (χ0n) is 10.1. The second-order valence-corrected chi connectivity index (χ2v) is 4.11. The highest BCUT2D eigenvalue weighted by Gasteiger charge is 2.11. The van der Waals surface area contributed by atoms with Crippen LogP contribution in [0.4, 0.5) is 5.69 Å². The molecule has 1 atom stereocenters. The van der Waals surface area contributed by atoms with Crippen molar-refractivity contribution < 1.29 is 4.79 Å². The number of aromatic nitrogens is 3. The van der Waals surface area contributed by atoms with Crippen LogP contribution in [0.25, 0.3) is 0 Å². The molecule has 3 N–H and O–H groups in total. The number of carbonyl (C=O) groups is 1. The standard InChI is InChI=1S/C12H15N5O/c1-9(7-17-5-4-14-8-17)16-12(18)11-6-10(13)2-3-15-11/h2-6,8-9H,7H2,1H3,(H2,13,15)(H,16,18). The molecular weight excluding hydrogens is 230 g/mol. The number of pyridine rings is 1. The number of anilines is 1. The van der Waals surface area contributed by atoms with Gasteiger partial charge in [-0.05, 0) is 19.1 Å². The first-order chi connectivity index (χ1) is 8.65. The second-order valence-electron chi connectivity index (χ2n) is 4.11. The molecule has 0 aliphatic rings. The fourth-order valence-electron chi connectivity index (χ4n) is 1.63. The van der Waals surface area contributed by atoms with Crippen LogP contribution in [0.3, 0.4) is 0 Å². The summed E-state index contributed by atoms with van der Waals surface area (Å²) in [6.07, 6.45) is 6.78. The van der Waals surface area contributed by atoms with Gasteiger partial charge in [-0.25, -0.2) is 4.98 Å². The highest BCUT2D eigenvalue weighted by Crippen LogP contribution is 2.03. The molecule has 6 nitrogen and oxygen atoms in total. The average molecular weight is 245 g/mol. The van der Waals surface area contributed by atoms with E-state index in [-0.39, 0.29) is 11.9 Å². The fraction of sp³-hybridized carbons (Fsp3) is 0.250. The van der Waals surface area contributed by atoms with Gasteiger partial charge < -0.3 is 15.6 Å². The van der Waals surface area contributed by atoms with E-state index in [1.165, 1.54) is 6.20 Å². The largest absolute Gasteiger partial charge is 0.399 e. The van der Waals surface area contributed by atoms with Crippen LogP contribution in [0.1, 0.15) is 17.4 Å². The SMILES string of the molecule is CC(Cn1ccnc1)NC(=O)c1cc(N)ccn1. The minimum Gasteiger partial charge on any atom is -0.399 e. The molecule has 18 heavy (non-hydrogen) atoms. The van der Waals surface area contributed by atoms with Gasteiger partial charge in [0.1, 0.15) is 5.69 Å². The molecule has 2 aromatic rings. The van der Waals surface area contributed by atoms with Crippen LogP contribution in [-0.4, -0.2) is 26.5 Å². The average Bonchev–Trinajstić information content (AvgIpc) is 2.81. The van der Waals surface area contributed by atoms with Crippen LogP contribution in [0, 0.1) is 0 Å². The number of nitrogens with one attached hydrogen (secondary N) is 1. The highest BCUT2D eigenvalue weighted by molar-refractivity contribution is 5.93. The first kappa shape index (κ1) is 12.1. The third-order valence-corrected chi connectivity index (χ3v) is 2.44. The van der Waals surface area contributed by atoms with Crippen LogP contribution in [-0.2, 0) is 6.54 Å². The minimum absolute atomic E-state index is 0.0186. The predicted molar refractivity (Wildman–Crippen MR) is 67.8 cm³/mol. The van der Waals surface area contributed by atoms with E-state index in [2.05, 4.69) is 15.3 Å². The van der Waals surface area contributed by atoms with Gasteiger partial charge in [-0.3, -0.25) is 9.78 Å². The van der Waals surface area contributed by atoms with Crippen molar-refractivity contribution in [3.8, 4) is 0 Å². The number of nitrogens with zero attached hydrogens (tertiary/aromatic N) is 3. The Kier molecular flexibility index (Phi) is 3.57. The number of hydrogen-bond acceptors (Lipinski definition) is 4. The van der Waals surface area contributed by atoms with Gasteiger partial charge >= 0.3 is 0 Å². The Morgan fingerprint density at radius 3 is 3.06 bits per heavy atom. The summed E-state index contributed by atoms with van der Waals surface area (Å²) >= 11 is 0. The summed E-state index contributed by atoms with van der Waals surface area (Å²) in [5.74, 6) is -0.227. The summed E-state index contributed by atoms with van der Waals surface area (Å²) in [4.78, 5) is 19.8. The fourth-order valence-corrected chi connectivity index (χ4v) is 1.63. The van der Waals surface area contributed by atoms with Gasteiger partial charge in [0.15, 0.2) is 0 Å². The Hall–Kier alpha value is -2.37. The summed E-state index contributed by atoms with van der Waals surface area (Å²) in [6.45, 7) is 2.58. The van der Waals surface area contributed by atoms with Crippen molar-refractivity contribution in [1.82, 2.24) is 19.9 Å². The normalized spacial score (nSPS) is 12.1. The Labute approximate surface area is 105 Å². The summed E-state index contributed by atoms with van der Waals surface area (Å²) in [5, 5.41) is 2.86. The molecule has 0 bridgehead atoms. The molecule has 0 aromatic carbocycles. The van der Waals surface area contributed by atoms with Crippen LogP contribution in [0.2, 0.25) is 0 Å². The van der Waals surface area contributed by atoms with E-state index in [0.29, 0.717) is 17.9 Å². The van der Waals surface area contributed by atoms with Gasteiger partial charge in [-0.1, -0.05) is 0 Å². The Balaban J connectivity index is 1.95. The molecule has 0 fully saturated rings. The molecule has 0 saturated carbocycles. The second kappa shape index (κ2) is 5.31. The van der Waals surface area contributed by atoms with Crippen molar-refractivity contribution >= 4 is 11.6 Å². The minimum atomic E-state index is -0.227. The summed E-state index contributed by atoms with van der Waals surface area (Å²) in [5.41, 5.74) is 6.46. The highest BCUT2D eigenvalue weighted by atomic mass is 16.1. The maximum absolute atomic E-state index is 11.9.